The topological polar surface area (TPSA) is 129 Å². The number of anilines is 3. The summed E-state index contributed by atoms with van der Waals surface area (Å²) in [5, 5.41) is 22.3. The number of fused-ring (bicyclic) bond motifs is 1. The number of halogens is 2. The fourth-order valence-corrected chi connectivity index (χ4v) is 6.99. The number of hydrogen-bond donors (Lipinski definition) is 2. The van der Waals surface area contributed by atoms with E-state index in [-0.39, 0.29) is 37.7 Å². The van der Waals surface area contributed by atoms with Gasteiger partial charge in [-0.05, 0) is 67.5 Å². The molecule has 0 unspecified atom stereocenters. The van der Waals surface area contributed by atoms with E-state index in [9.17, 15) is 17.2 Å². The lowest BCUT2D eigenvalue weighted by Crippen LogP contribution is -2.40. The van der Waals surface area contributed by atoms with Crippen molar-refractivity contribution in [2.45, 2.75) is 44.4 Å². The Kier molecular flexibility index (Phi) is 6.80. The molecule has 228 valence electrons. The van der Waals surface area contributed by atoms with Crippen molar-refractivity contribution >= 4 is 32.7 Å². The van der Waals surface area contributed by atoms with Gasteiger partial charge in [0.1, 0.15) is 5.82 Å². The Bertz CT molecular complexity index is 1750. The van der Waals surface area contributed by atoms with Gasteiger partial charge in [-0.25, -0.2) is 21.7 Å². The largest absolute Gasteiger partial charge is 0.416 e. The van der Waals surface area contributed by atoms with Crippen molar-refractivity contribution in [1.29, 1.82) is 0 Å². The van der Waals surface area contributed by atoms with Crippen molar-refractivity contribution in [3.8, 4) is 22.9 Å². The molecule has 14 heteroatoms. The number of sulfonamides is 1. The molecular weight excluding hydrogens is 580 g/mol. The number of benzene rings is 1. The van der Waals surface area contributed by atoms with E-state index in [2.05, 4.69) is 24.9 Å². The average molecular weight is 614 g/mol. The Hall–Kier alpha value is -3.78. The smallest absolute Gasteiger partial charge is 0.251 e. The summed E-state index contributed by atoms with van der Waals surface area (Å²) in [6.07, 6.45) is 5.86. The second-order valence-electron chi connectivity index (χ2n) is 11.9. The van der Waals surface area contributed by atoms with Crippen LogP contribution in [0.5, 0.6) is 0 Å². The SMILES string of the molecule is O=S(=O)(CCO)Nc1ccc(-c2nnc(-c3cc(N4CCC(F)(F)CC4)n4nccc4c3)o2)c(N2CCC3(CC2)CC3)c1. The predicted molar refractivity (Wildman–Crippen MR) is 158 cm³/mol. The second kappa shape index (κ2) is 10.4. The Labute approximate surface area is 247 Å². The first-order valence-corrected chi connectivity index (χ1v) is 16.2. The van der Waals surface area contributed by atoms with E-state index < -0.39 is 28.3 Å². The fourth-order valence-electron chi connectivity index (χ4n) is 6.16. The average Bonchev–Trinajstić information content (AvgIpc) is 3.34. The Balaban J connectivity index is 1.23. The standard InChI is InChI=1S/C29H33F2N7O4S/c30-29(31)8-13-37(14-9-29)25-18-20(17-22-3-10-32-38(22)25)26-33-34-27(42-26)23-2-1-21(35-43(40,41)16-15-39)19-24(23)36-11-6-28(4-5-28)7-12-36/h1-3,10,17-19,35,39H,4-9,11-16H2. The summed E-state index contributed by atoms with van der Waals surface area (Å²) in [7, 11) is -3.71. The maximum absolute atomic E-state index is 13.9. The maximum Gasteiger partial charge on any atom is 0.251 e. The van der Waals surface area contributed by atoms with E-state index in [1.807, 2.05) is 23.1 Å². The number of nitrogens with zero attached hydrogens (tertiary/aromatic N) is 6. The zero-order chi connectivity index (χ0) is 29.8. The molecule has 2 aliphatic heterocycles. The van der Waals surface area contributed by atoms with Gasteiger partial charge in [0.2, 0.25) is 21.8 Å². The number of alkyl halides is 2. The number of hydrogen-bond acceptors (Lipinski definition) is 9. The minimum Gasteiger partial charge on any atom is -0.416 e. The van der Waals surface area contributed by atoms with Gasteiger partial charge in [-0.15, -0.1) is 10.2 Å². The van der Waals surface area contributed by atoms with Gasteiger partial charge in [-0.1, -0.05) is 0 Å². The highest BCUT2D eigenvalue weighted by Gasteiger charge is 2.44. The zero-order valence-corrected chi connectivity index (χ0v) is 24.4. The van der Waals surface area contributed by atoms with Crippen molar-refractivity contribution in [1.82, 2.24) is 19.8 Å². The molecule has 0 radical (unpaired) electrons. The van der Waals surface area contributed by atoms with Gasteiger partial charge in [0.25, 0.3) is 5.92 Å². The minimum atomic E-state index is -3.71. The van der Waals surface area contributed by atoms with Crippen LogP contribution in [0.2, 0.25) is 0 Å². The summed E-state index contributed by atoms with van der Waals surface area (Å²) < 4.78 is 63.0. The van der Waals surface area contributed by atoms with Gasteiger partial charge in [-0.2, -0.15) is 5.10 Å². The number of pyridine rings is 1. The Morgan fingerprint density at radius 3 is 2.35 bits per heavy atom. The number of aliphatic hydroxyl groups is 1. The van der Waals surface area contributed by atoms with Gasteiger partial charge >= 0.3 is 0 Å². The number of nitrogens with one attached hydrogen (secondary N) is 1. The van der Waals surface area contributed by atoms with Crippen LogP contribution in [0.4, 0.5) is 26.0 Å². The lowest BCUT2D eigenvalue weighted by atomic mass is 9.93. The third-order valence-electron chi connectivity index (χ3n) is 8.95. The van der Waals surface area contributed by atoms with E-state index in [0.29, 0.717) is 28.0 Å². The summed E-state index contributed by atoms with van der Waals surface area (Å²) in [6, 6.07) is 10.7. The van der Waals surface area contributed by atoms with Crippen molar-refractivity contribution < 1.29 is 26.7 Å². The van der Waals surface area contributed by atoms with E-state index >= 15 is 0 Å². The number of aliphatic hydroxyl groups excluding tert-OH is 1. The Morgan fingerprint density at radius 1 is 0.907 bits per heavy atom. The normalized spacial score (nSPS) is 19.7. The molecule has 0 atom stereocenters. The molecule has 3 fully saturated rings. The molecule has 11 nitrogen and oxygen atoms in total. The lowest BCUT2D eigenvalue weighted by Gasteiger charge is -2.35. The molecule has 0 bridgehead atoms. The summed E-state index contributed by atoms with van der Waals surface area (Å²) in [5.74, 6) is -1.83. The molecule has 7 rings (SSSR count). The van der Waals surface area contributed by atoms with Crippen LogP contribution in [0.15, 0.2) is 47.0 Å². The van der Waals surface area contributed by atoms with Gasteiger partial charge in [0.15, 0.2) is 0 Å². The first kappa shape index (κ1) is 28.0. The minimum absolute atomic E-state index is 0.204. The molecule has 2 saturated heterocycles. The van der Waals surface area contributed by atoms with Gasteiger partial charge < -0.3 is 19.3 Å². The van der Waals surface area contributed by atoms with E-state index in [1.165, 1.54) is 12.8 Å². The molecule has 3 aromatic heterocycles. The molecule has 3 aliphatic rings. The van der Waals surface area contributed by atoms with Crippen molar-refractivity contribution in [2.75, 3.05) is 53.1 Å². The summed E-state index contributed by atoms with van der Waals surface area (Å²) >= 11 is 0. The molecule has 1 spiro atoms. The molecule has 2 N–H and O–H groups in total. The van der Waals surface area contributed by atoms with Crippen LogP contribution in [0, 0.1) is 5.41 Å². The molecule has 0 amide bonds. The first-order valence-electron chi connectivity index (χ1n) is 14.6. The predicted octanol–water partition coefficient (Wildman–Crippen LogP) is 4.40. The number of rotatable bonds is 8. The number of aromatic nitrogens is 4. The van der Waals surface area contributed by atoms with Crippen molar-refractivity contribution in [3.05, 3.63) is 42.6 Å². The molecule has 4 aromatic rings. The molecule has 1 aliphatic carbocycles. The van der Waals surface area contributed by atoms with Crippen LogP contribution < -0.4 is 14.5 Å². The van der Waals surface area contributed by atoms with Crippen LogP contribution in [0.25, 0.3) is 28.4 Å². The lowest BCUT2D eigenvalue weighted by molar-refractivity contribution is -0.0222. The first-order chi connectivity index (χ1) is 20.6. The third kappa shape index (κ3) is 5.65. The Morgan fingerprint density at radius 2 is 1.63 bits per heavy atom. The second-order valence-corrected chi connectivity index (χ2v) is 13.7. The van der Waals surface area contributed by atoms with E-state index in [4.69, 9.17) is 9.52 Å². The van der Waals surface area contributed by atoms with Gasteiger partial charge in [-0.3, -0.25) is 4.72 Å². The van der Waals surface area contributed by atoms with Gasteiger partial charge in [0, 0.05) is 44.6 Å². The van der Waals surface area contributed by atoms with E-state index in [0.717, 1.165) is 37.1 Å². The summed E-state index contributed by atoms with van der Waals surface area (Å²) in [4.78, 5) is 4.13. The summed E-state index contributed by atoms with van der Waals surface area (Å²) in [5.41, 5.74) is 3.72. The maximum atomic E-state index is 13.9. The van der Waals surface area contributed by atoms with E-state index in [1.54, 1.807) is 28.9 Å². The van der Waals surface area contributed by atoms with Crippen LogP contribution in [-0.4, -0.2) is 77.8 Å². The van der Waals surface area contributed by atoms with Crippen LogP contribution in [0.1, 0.15) is 38.5 Å². The molecule has 5 heterocycles. The highest BCUT2D eigenvalue weighted by atomic mass is 32.2. The van der Waals surface area contributed by atoms with Gasteiger partial charge in [0.05, 0.1) is 41.0 Å². The highest BCUT2D eigenvalue weighted by molar-refractivity contribution is 7.92. The number of piperidine rings is 2. The fraction of sp³-hybridized carbons (Fsp3) is 0.483. The molecular formula is C29H33F2N7O4S. The molecule has 43 heavy (non-hydrogen) atoms. The third-order valence-corrected chi connectivity index (χ3v) is 10.2. The van der Waals surface area contributed by atoms with Crippen LogP contribution >= 0.6 is 0 Å². The zero-order valence-electron chi connectivity index (χ0n) is 23.5. The van der Waals surface area contributed by atoms with Crippen LogP contribution in [0.3, 0.4) is 0 Å². The monoisotopic (exact) mass is 613 g/mol. The van der Waals surface area contributed by atoms with Crippen LogP contribution in [-0.2, 0) is 10.0 Å². The quantitative estimate of drug-likeness (QED) is 0.297. The summed E-state index contributed by atoms with van der Waals surface area (Å²) in [6.45, 7) is 1.59. The molecule has 1 saturated carbocycles. The van der Waals surface area contributed by atoms with Crippen molar-refractivity contribution in [2.24, 2.45) is 5.41 Å². The molecule has 1 aromatic carbocycles. The van der Waals surface area contributed by atoms with Crippen molar-refractivity contribution in [3.63, 3.8) is 0 Å². The highest BCUT2D eigenvalue weighted by Crippen LogP contribution is 2.54.